The number of nitrogens with one attached hydrogen (secondary N) is 1. The van der Waals surface area contributed by atoms with Gasteiger partial charge in [0.2, 0.25) is 0 Å². The lowest BCUT2D eigenvalue weighted by atomic mass is 9.64. The minimum absolute atomic E-state index is 0.125. The Morgan fingerprint density at radius 2 is 2.24 bits per heavy atom. The zero-order valence-electron chi connectivity index (χ0n) is 9.87. The average molecular weight is 251 g/mol. The Hall–Kier alpha value is -1.24. The highest BCUT2D eigenvalue weighted by atomic mass is 35.5. The van der Waals surface area contributed by atoms with Crippen LogP contribution in [0.2, 0.25) is 5.02 Å². The molecule has 1 aliphatic rings. The van der Waals surface area contributed by atoms with E-state index in [9.17, 15) is 5.11 Å². The second-order valence-corrected chi connectivity index (χ2v) is 5.48. The first kappa shape index (κ1) is 12.2. The molecular formula is C13H15ClN2O. The van der Waals surface area contributed by atoms with Crippen molar-refractivity contribution in [3.63, 3.8) is 0 Å². The fourth-order valence-corrected chi connectivity index (χ4v) is 2.27. The van der Waals surface area contributed by atoms with Crippen LogP contribution >= 0.6 is 11.6 Å². The van der Waals surface area contributed by atoms with Crippen LogP contribution in [-0.4, -0.2) is 17.3 Å². The number of rotatable bonds is 2. The van der Waals surface area contributed by atoms with Gasteiger partial charge in [0.15, 0.2) is 0 Å². The number of benzene rings is 1. The summed E-state index contributed by atoms with van der Waals surface area (Å²) in [5.74, 6) is 0. The second kappa shape index (κ2) is 4.21. The standard InChI is InChI=1S/C13H15ClN2O/c1-13(2)11(6-12(13)17)16-9-4-3-8(7-15)10(14)5-9/h3-5,11-12,16-17H,6H2,1-2H3. The molecule has 0 spiro atoms. The van der Waals surface area contributed by atoms with Crippen molar-refractivity contribution in [2.75, 3.05) is 5.32 Å². The van der Waals surface area contributed by atoms with Crippen LogP contribution in [0.1, 0.15) is 25.8 Å². The number of hydrogen-bond acceptors (Lipinski definition) is 3. The summed E-state index contributed by atoms with van der Waals surface area (Å²) in [4.78, 5) is 0. The number of aliphatic hydroxyl groups excluding tert-OH is 1. The second-order valence-electron chi connectivity index (χ2n) is 5.08. The normalized spacial score (nSPS) is 25.8. The molecule has 0 radical (unpaired) electrons. The van der Waals surface area contributed by atoms with Crippen LogP contribution in [0.4, 0.5) is 5.69 Å². The fourth-order valence-electron chi connectivity index (χ4n) is 2.04. The van der Waals surface area contributed by atoms with E-state index < -0.39 is 0 Å². The summed E-state index contributed by atoms with van der Waals surface area (Å²) in [7, 11) is 0. The lowest BCUT2D eigenvalue weighted by molar-refractivity contribution is -0.0510. The van der Waals surface area contributed by atoms with Crippen molar-refractivity contribution in [2.45, 2.75) is 32.4 Å². The highest BCUT2D eigenvalue weighted by Crippen LogP contribution is 2.42. The molecule has 2 rings (SSSR count). The lowest BCUT2D eigenvalue weighted by Gasteiger charge is -2.49. The Kier molecular flexibility index (Phi) is 3.03. The van der Waals surface area contributed by atoms with Gasteiger partial charge in [0.05, 0.1) is 16.7 Å². The van der Waals surface area contributed by atoms with Crippen LogP contribution < -0.4 is 5.32 Å². The van der Waals surface area contributed by atoms with Gasteiger partial charge in [-0.1, -0.05) is 25.4 Å². The van der Waals surface area contributed by atoms with Gasteiger partial charge >= 0.3 is 0 Å². The number of halogens is 1. The van der Waals surface area contributed by atoms with Crippen molar-refractivity contribution in [2.24, 2.45) is 5.41 Å². The molecule has 2 N–H and O–H groups in total. The Bertz CT molecular complexity index is 479. The van der Waals surface area contributed by atoms with E-state index in [-0.39, 0.29) is 17.6 Å². The molecule has 2 atom stereocenters. The first-order valence-corrected chi connectivity index (χ1v) is 5.97. The predicted molar refractivity (Wildman–Crippen MR) is 68.0 cm³/mol. The van der Waals surface area contributed by atoms with Gasteiger partial charge in [0, 0.05) is 17.1 Å². The predicted octanol–water partition coefficient (Wildman–Crippen LogP) is 2.78. The van der Waals surface area contributed by atoms with E-state index in [2.05, 4.69) is 5.32 Å². The Morgan fingerprint density at radius 3 is 2.71 bits per heavy atom. The number of aliphatic hydroxyl groups is 1. The van der Waals surface area contributed by atoms with Crippen LogP contribution in [-0.2, 0) is 0 Å². The third-order valence-corrected chi connectivity index (χ3v) is 3.96. The molecule has 1 aromatic carbocycles. The van der Waals surface area contributed by atoms with E-state index >= 15 is 0 Å². The van der Waals surface area contributed by atoms with Gasteiger partial charge in [-0.2, -0.15) is 5.26 Å². The van der Waals surface area contributed by atoms with E-state index in [0.29, 0.717) is 10.6 Å². The fraction of sp³-hybridized carbons (Fsp3) is 0.462. The molecule has 17 heavy (non-hydrogen) atoms. The summed E-state index contributed by atoms with van der Waals surface area (Å²) >= 11 is 5.96. The summed E-state index contributed by atoms with van der Waals surface area (Å²) in [6.45, 7) is 4.06. The third-order valence-electron chi connectivity index (χ3n) is 3.65. The number of anilines is 1. The molecule has 0 heterocycles. The van der Waals surface area contributed by atoms with Crippen molar-refractivity contribution >= 4 is 17.3 Å². The van der Waals surface area contributed by atoms with Gasteiger partial charge in [-0.25, -0.2) is 0 Å². The van der Waals surface area contributed by atoms with Crippen molar-refractivity contribution < 1.29 is 5.11 Å². The largest absolute Gasteiger partial charge is 0.392 e. The molecule has 1 aliphatic carbocycles. The van der Waals surface area contributed by atoms with E-state index in [4.69, 9.17) is 16.9 Å². The maximum Gasteiger partial charge on any atom is 0.101 e. The minimum atomic E-state index is -0.256. The maximum atomic E-state index is 9.65. The van der Waals surface area contributed by atoms with Gasteiger partial charge < -0.3 is 10.4 Å². The monoisotopic (exact) mass is 250 g/mol. The maximum absolute atomic E-state index is 9.65. The van der Waals surface area contributed by atoms with Gasteiger partial charge in [-0.3, -0.25) is 0 Å². The van der Waals surface area contributed by atoms with Gasteiger partial charge in [0.1, 0.15) is 6.07 Å². The molecule has 1 fully saturated rings. The van der Waals surface area contributed by atoms with Gasteiger partial charge in [0.25, 0.3) is 0 Å². The number of nitriles is 1. The molecule has 0 bridgehead atoms. The zero-order valence-corrected chi connectivity index (χ0v) is 10.6. The van der Waals surface area contributed by atoms with E-state index in [1.165, 1.54) is 0 Å². The molecule has 4 heteroatoms. The SMILES string of the molecule is CC1(C)C(O)CC1Nc1ccc(C#N)c(Cl)c1. The average Bonchev–Trinajstić information content (AvgIpc) is 2.29. The van der Waals surface area contributed by atoms with Crippen molar-refractivity contribution in [3.05, 3.63) is 28.8 Å². The topological polar surface area (TPSA) is 56.0 Å². The minimum Gasteiger partial charge on any atom is -0.392 e. The summed E-state index contributed by atoms with van der Waals surface area (Å²) < 4.78 is 0. The van der Waals surface area contributed by atoms with Gasteiger partial charge in [-0.05, 0) is 24.6 Å². The van der Waals surface area contributed by atoms with Crippen LogP contribution in [0.15, 0.2) is 18.2 Å². The van der Waals surface area contributed by atoms with Crippen molar-refractivity contribution in [1.29, 1.82) is 5.26 Å². The Balaban J connectivity index is 2.11. The van der Waals surface area contributed by atoms with Crippen molar-refractivity contribution in [3.8, 4) is 6.07 Å². The third kappa shape index (κ3) is 2.11. The molecule has 3 nitrogen and oxygen atoms in total. The Morgan fingerprint density at radius 1 is 1.53 bits per heavy atom. The number of nitrogens with zero attached hydrogens (tertiary/aromatic N) is 1. The molecule has 2 unspecified atom stereocenters. The molecule has 0 amide bonds. The summed E-state index contributed by atoms with van der Waals surface area (Å²) in [5, 5.41) is 22.2. The smallest absolute Gasteiger partial charge is 0.101 e. The molecule has 0 saturated heterocycles. The van der Waals surface area contributed by atoms with Crippen LogP contribution in [0.3, 0.4) is 0 Å². The summed E-state index contributed by atoms with van der Waals surface area (Å²) in [6, 6.07) is 7.56. The molecule has 0 aliphatic heterocycles. The quantitative estimate of drug-likeness (QED) is 0.849. The van der Waals surface area contributed by atoms with E-state index in [1.807, 2.05) is 26.0 Å². The molecular weight excluding hydrogens is 236 g/mol. The Labute approximate surface area is 106 Å². The molecule has 1 aromatic rings. The highest BCUT2D eigenvalue weighted by Gasteiger charge is 2.47. The first-order chi connectivity index (χ1) is 7.95. The molecule has 1 saturated carbocycles. The lowest BCUT2D eigenvalue weighted by Crippen LogP contribution is -2.56. The molecule has 90 valence electrons. The number of hydrogen-bond donors (Lipinski definition) is 2. The highest BCUT2D eigenvalue weighted by molar-refractivity contribution is 6.32. The van der Waals surface area contributed by atoms with Gasteiger partial charge in [-0.15, -0.1) is 0 Å². The van der Waals surface area contributed by atoms with Crippen LogP contribution in [0, 0.1) is 16.7 Å². The van der Waals surface area contributed by atoms with E-state index in [0.717, 1.165) is 12.1 Å². The zero-order chi connectivity index (χ0) is 12.6. The van der Waals surface area contributed by atoms with Crippen LogP contribution in [0.25, 0.3) is 0 Å². The first-order valence-electron chi connectivity index (χ1n) is 5.59. The molecule has 0 aromatic heterocycles. The summed E-state index contributed by atoms with van der Waals surface area (Å²) in [6.07, 6.45) is 0.485. The summed E-state index contributed by atoms with van der Waals surface area (Å²) in [5.41, 5.74) is 1.24. The van der Waals surface area contributed by atoms with E-state index in [1.54, 1.807) is 12.1 Å². The van der Waals surface area contributed by atoms with Crippen molar-refractivity contribution in [1.82, 2.24) is 0 Å². The van der Waals surface area contributed by atoms with Crippen LogP contribution in [0.5, 0.6) is 0 Å².